The molecule has 0 aliphatic heterocycles. The summed E-state index contributed by atoms with van der Waals surface area (Å²) in [5.74, 6) is -0.450. The first-order valence-corrected chi connectivity index (χ1v) is 9.78. The van der Waals surface area contributed by atoms with Crippen LogP contribution in [-0.4, -0.2) is 40.6 Å². The first kappa shape index (κ1) is 20.2. The first-order valence-electron chi connectivity index (χ1n) is 7.97. The van der Waals surface area contributed by atoms with Crippen molar-refractivity contribution < 1.29 is 17.9 Å². The molecule has 1 N–H and O–H groups in total. The van der Waals surface area contributed by atoms with Crippen LogP contribution >= 0.6 is 11.6 Å². The van der Waals surface area contributed by atoms with Crippen LogP contribution in [0.4, 0.5) is 5.69 Å². The second kappa shape index (κ2) is 9.02. The molecule has 26 heavy (non-hydrogen) atoms. The molecule has 0 bridgehead atoms. The average Bonchev–Trinajstić information content (AvgIpc) is 2.61. The third-order valence-corrected chi connectivity index (χ3v) is 5.66. The van der Waals surface area contributed by atoms with Crippen LogP contribution in [0.15, 0.2) is 59.5 Å². The number of halogens is 1. The molecular weight excluding hydrogens is 376 g/mol. The number of ether oxygens (including phenoxy) is 1. The SMILES string of the molecule is COC[C@H](C)NC(=O)CN(c1ccccc1Cl)S(=O)(=O)c1ccccc1. The van der Waals surface area contributed by atoms with Crippen LogP contribution in [0.3, 0.4) is 0 Å². The van der Waals surface area contributed by atoms with E-state index in [1.165, 1.54) is 19.2 Å². The Morgan fingerprint density at radius 3 is 2.38 bits per heavy atom. The second-order valence-corrected chi connectivity index (χ2v) is 7.97. The lowest BCUT2D eigenvalue weighted by Crippen LogP contribution is -2.44. The van der Waals surface area contributed by atoms with Gasteiger partial charge in [0.15, 0.2) is 0 Å². The van der Waals surface area contributed by atoms with E-state index in [2.05, 4.69) is 5.32 Å². The molecule has 140 valence electrons. The van der Waals surface area contributed by atoms with Gasteiger partial charge in [-0.05, 0) is 31.2 Å². The van der Waals surface area contributed by atoms with E-state index in [0.717, 1.165) is 4.31 Å². The Morgan fingerprint density at radius 1 is 1.15 bits per heavy atom. The number of rotatable bonds is 8. The Labute approximate surface area is 158 Å². The zero-order chi connectivity index (χ0) is 19.2. The Bertz CT molecular complexity index is 843. The Balaban J connectivity index is 2.38. The molecule has 0 heterocycles. The van der Waals surface area contributed by atoms with Crippen molar-refractivity contribution in [2.24, 2.45) is 0 Å². The molecule has 6 nitrogen and oxygen atoms in total. The first-order chi connectivity index (χ1) is 12.4. The zero-order valence-electron chi connectivity index (χ0n) is 14.6. The van der Waals surface area contributed by atoms with Gasteiger partial charge < -0.3 is 10.1 Å². The number of hydrogen-bond acceptors (Lipinski definition) is 4. The number of hydrogen-bond donors (Lipinski definition) is 1. The highest BCUT2D eigenvalue weighted by molar-refractivity contribution is 7.92. The highest BCUT2D eigenvalue weighted by atomic mass is 35.5. The second-order valence-electron chi connectivity index (χ2n) is 5.70. The van der Waals surface area contributed by atoms with Crippen molar-refractivity contribution in [2.45, 2.75) is 17.9 Å². The van der Waals surface area contributed by atoms with E-state index in [1.54, 1.807) is 49.4 Å². The van der Waals surface area contributed by atoms with E-state index in [1.807, 2.05) is 0 Å². The van der Waals surface area contributed by atoms with Crippen LogP contribution in [0.25, 0.3) is 0 Å². The van der Waals surface area contributed by atoms with Gasteiger partial charge in [0.1, 0.15) is 6.54 Å². The van der Waals surface area contributed by atoms with Crippen molar-refractivity contribution in [3.05, 3.63) is 59.6 Å². The molecule has 0 fully saturated rings. The molecule has 2 aromatic carbocycles. The lowest BCUT2D eigenvalue weighted by atomic mass is 10.3. The minimum absolute atomic E-state index is 0.0812. The normalized spacial score (nSPS) is 12.4. The zero-order valence-corrected chi connectivity index (χ0v) is 16.1. The number of benzene rings is 2. The van der Waals surface area contributed by atoms with Crippen molar-refractivity contribution in [1.29, 1.82) is 0 Å². The third-order valence-electron chi connectivity index (χ3n) is 3.56. The Kier molecular flexibility index (Phi) is 7.02. The number of anilines is 1. The van der Waals surface area contributed by atoms with E-state index < -0.39 is 22.5 Å². The molecule has 0 saturated heterocycles. The fourth-order valence-electron chi connectivity index (χ4n) is 2.42. The summed E-state index contributed by atoms with van der Waals surface area (Å²) in [6.07, 6.45) is 0. The summed E-state index contributed by atoms with van der Waals surface area (Å²) in [4.78, 5) is 12.5. The lowest BCUT2D eigenvalue weighted by molar-refractivity contribution is -0.120. The van der Waals surface area contributed by atoms with Gasteiger partial charge in [0.2, 0.25) is 5.91 Å². The van der Waals surface area contributed by atoms with Crippen molar-refractivity contribution in [3.63, 3.8) is 0 Å². The minimum Gasteiger partial charge on any atom is -0.383 e. The molecule has 0 aliphatic carbocycles. The van der Waals surface area contributed by atoms with Crippen LogP contribution < -0.4 is 9.62 Å². The molecule has 0 spiro atoms. The molecule has 1 amide bonds. The number of amides is 1. The smallest absolute Gasteiger partial charge is 0.264 e. The number of methoxy groups -OCH3 is 1. The van der Waals surface area contributed by atoms with Crippen LogP contribution in [0, 0.1) is 0 Å². The molecule has 0 aromatic heterocycles. The summed E-state index contributed by atoms with van der Waals surface area (Å²) >= 11 is 6.19. The quantitative estimate of drug-likeness (QED) is 0.744. The lowest BCUT2D eigenvalue weighted by Gasteiger charge is -2.25. The Morgan fingerprint density at radius 2 is 1.77 bits per heavy atom. The third kappa shape index (κ3) is 4.97. The van der Waals surface area contributed by atoms with Crippen molar-refractivity contribution in [2.75, 3.05) is 24.6 Å². The van der Waals surface area contributed by atoms with Crippen molar-refractivity contribution >= 4 is 33.2 Å². The van der Waals surface area contributed by atoms with Gasteiger partial charge in [-0.1, -0.05) is 41.9 Å². The highest BCUT2D eigenvalue weighted by Crippen LogP contribution is 2.30. The van der Waals surface area contributed by atoms with E-state index in [4.69, 9.17) is 16.3 Å². The number of nitrogens with one attached hydrogen (secondary N) is 1. The van der Waals surface area contributed by atoms with Gasteiger partial charge in [-0.3, -0.25) is 9.10 Å². The van der Waals surface area contributed by atoms with Gasteiger partial charge in [0.25, 0.3) is 10.0 Å². The number of carbonyl (C=O) groups excluding carboxylic acids is 1. The van der Waals surface area contributed by atoms with Crippen LogP contribution in [-0.2, 0) is 19.6 Å². The molecular formula is C18H21ClN2O4S. The summed E-state index contributed by atoms with van der Waals surface area (Å²) in [5, 5.41) is 2.95. The summed E-state index contributed by atoms with van der Waals surface area (Å²) in [7, 11) is -2.44. The van der Waals surface area contributed by atoms with Crippen LogP contribution in [0.2, 0.25) is 5.02 Å². The maximum Gasteiger partial charge on any atom is 0.264 e. The molecule has 2 rings (SSSR count). The molecule has 8 heteroatoms. The molecule has 0 saturated carbocycles. The summed E-state index contributed by atoms with van der Waals surface area (Å²) in [6.45, 7) is 1.70. The van der Waals surface area contributed by atoms with Gasteiger partial charge >= 0.3 is 0 Å². The van der Waals surface area contributed by atoms with Crippen LogP contribution in [0.5, 0.6) is 0 Å². The Hall–Kier alpha value is -2.09. The molecule has 0 unspecified atom stereocenters. The van der Waals surface area contributed by atoms with E-state index in [-0.39, 0.29) is 21.6 Å². The van der Waals surface area contributed by atoms with Gasteiger partial charge in [-0.15, -0.1) is 0 Å². The monoisotopic (exact) mass is 396 g/mol. The number of sulfonamides is 1. The van der Waals surface area contributed by atoms with E-state index in [9.17, 15) is 13.2 Å². The number of para-hydroxylation sites is 1. The highest BCUT2D eigenvalue weighted by Gasteiger charge is 2.28. The summed E-state index contributed by atoms with van der Waals surface area (Å²) in [5.41, 5.74) is 0.243. The molecule has 2 aromatic rings. The maximum absolute atomic E-state index is 13.1. The largest absolute Gasteiger partial charge is 0.383 e. The van der Waals surface area contributed by atoms with Gasteiger partial charge in [0.05, 0.1) is 22.2 Å². The van der Waals surface area contributed by atoms with Crippen LogP contribution in [0.1, 0.15) is 6.92 Å². The topological polar surface area (TPSA) is 75.7 Å². The predicted octanol–water partition coefficient (Wildman–Crippen LogP) is 2.69. The summed E-state index contributed by atoms with van der Waals surface area (Å²) < 4.78 is 32.2. The van der Waals surface area contributed by atoms with E-state index in [0.29, 0.717) is 6.61 Å². The molecule has 0 aliphatic rings. The van der Waals surface area contributed by atoms with Crippen molar-refractivity contribution in [1.82, 2.24) is 5.32 Å². The van der Waals surface area contributed by atoms with Gasteiger partial charge in [-0.2, -0.15) is 0 Å². The van der Waals surface area contributed by atoms with Gasteiger partial charge in [0, 0.05) is 13.2 Å². The van der Waals surface area contributed by atoms with Gasteiger partial charge in [-0.25, -0.2) is 8.42 Å². The molecule has 0 radical (unpaired) electrons. The maximum atomic E-state index is 13.1. The predicted molar refractivity (Wildman–Crippen MR) is 102 cm³/mol. The fraction of sp³-hybridized carbons (Fsp3) is 0.278. The van der Waals surface area contributed by atoms with Crippen molar-refractivity contribution in [3.8, 4) is 0 Å². The molecule has 1 atom stereocenters. The number of nitrogens with zero attached hydrogens (tertiary/aromatic N) is 1. The van der Waals surface area contributed by atoms with E-state index >= 15 is 0 Å². The fourth-order valence-corrected chi connectivity index (χ4v) is 4.16. The summed E-state index contributed by atoms with van der Waals surface area (Å²) in [6, 6.07) is 14.2. The number of carbonyl (C=O) groups is 1. The average molecular weight is 397 g/mol. The minimum atomic E-state index is -3.96. The standard InChI is InChI=1S/C18H21ClN2O4S/c1-14(13-25-2)20-18(22)12-21(17-11-7-6-10-16(17)19)26(23,24)15-8-4-3-5-9-15/h3-11,14H,12-13H2,1-2H3,(H,20,22)/t14-/m0/s1.